The zero-order valence-corrected chi connectivity index (χ0v) is 20.5. The number of rotatable bonds is 8. The fraction of sp³-hybridized carbons (Fsp3) is 0.567. The summed E-state index contributed by atoms with van der Waals surface area (Å²) in [6.07, 6.45) is 9.96. The fourth-order valence-corrected chi connectivity index (χ4v) is 6.73. The Bertz CT molecular complexity index is 913. The number of piperidine rings is 3. The van der Waals surface area contributed by atoms with Crippen molar-refractivity contribution in [1.82, 2.24) is 0 Å². The van der Waals surface area contributed by atoms with Crippen molar-refractivity contribution in [3.8, 4) is 5.75 Å². The summed E-state index contributed by atoms with van der Waals surface area (Å²) in [6, 6.07) is 20.6. The summed E-state index contributed by atoms with van der Waals surface area (Å²) < 4.78 is 13.5. The summed E-state index contributed by atoms with van der Waals surface area (Å²) in [5.74, 6) is 1.52. The van der Waals surface area contributed by atoms with E-state index in [4.69, 9.17) is 9.47 Å². The minimum atomic E-state index is -0.460. The van der Waals surface area contributed by atoms with Gasteiger partial charge in [-0.2, -0.15) is 0 Å². The summed E-state index contributed by atoms with van der Waals surface area (Å²) in [6.45, 7) is 5.26. The van der Waals surface area contributed by atoms with E-state index in [2.05, 4.69) is 24.3 Å². The zero-order valence-electron chi connectivity index (χ0n) is 20.5. The highest BCUT2D eigenvalue weighted by Gasteiger charge is 2.50. The lowest BCUT2D eigenvalue weighted by atomic mass is 9.74. The van der Waals surface area contributed by atoms with Crippen LogP contribution in [0.3, 0.4) is 0 Å². The molecule has 0 unspecified atom stereocenters. The first-order valence-corrected chi connectivity index (χ1v) is 13.5. The van der Waals surface area contributed by atoms with Crippen LogP contribution in [0.25, 0.3) is 0 Å². The Labute approximate surface area is 204 Å². The van der Waals surface area contributed by atoms with Crippen LogP contribution in [0.15, 0.2) is 60.7 Å². The van der Waals surface area contributed by atoms with Crippen LogP contribution in [-0.4, -0.2) is 49.3 Å². The molecular weight excluding hydrogens is 422 g/mol. The Balaban J connectivity index is 1.23. The lowest BCUT2D eigenvalue weighted by molar-refractivity contribution is -0.946. The molecule has 3 saturated heterocycles. The number of carbonyl (C=O) groups excluding carboxylic acids is 1. The predicted molar refractivity (Wildman–Crippen MR) is 135 cm³/mol. The number of hydrogen-bond acceptors (Lipinski definition) is 3. The van der Waals surface area contributed by atoms with Gasteiger partial charge in [-0.3, -0.25) is 4.79 Å². The van der Waals surface area contributed by atoms with Crippen LogP contribution in [0.5, 0.6) is 5.75 Å². The second-order valence-corrected chi connectivity index (χ2v) is 10.9. The number of benzene rings is 2. The van der Waals surface area contributed by atoms with Crippen molar-refractivity contribution in [3.63, 3.8) is 0 Å². The minimum absolute atomic E-state index is 0.0462. The van der Waals surface area contributed by atoms with Crippen molar-refractivity contribution in [2.24, 2.45) is 5.92 Å². The number of carbonyl (C=O) groups is 1. The van der Waals surface area contributed by atoms with Gasteiger partial charge in [-0.1, -0.05) is 74.2 Å². The smallest absolute Gasteiger partial charge is 0.317 e. The topological polar surface area (TPSA) is 35.5 Å². The number of esters is 1. The largest absolute Gasteiger partial charge is 0.493 e. The van der Waals surface area contributed by atoms with Gasteiger partial charge in [0.1, 0.15) is 12.3 Å². The van der Waals surface area contributed by atoms with E-state index in [1.165, 1.54) is 38.8 Å². The number of hydrogen-bond donors (Lipinski definition) is 0. The molecule has 3 heterocycles. The molecule has 0 amide bonds. The van der Waals surface area contributed by atoms with Crippen LogP contribution in [0.1, 0.15) is 63.4 Å². The third kappa shape index (κ3) is 5.02. The van der Waals surface area contributed by atoms with Crippen LogP contribution in [-0.2, 0) is 14.9 Å². The van der Waals surface area contributed by atoms with Crippen molar-refractivity contribution >= 4 is 5.97 Å². The zero-order chi connectivity index (χ0) is 23.3. The van der Waals surface area contributed by atoms with Gasteiger partial charge in [0.05, 0.1) is 31.7 Å². The summed E-state index contributed by atoms with van der Waals surface area (Å²) in [5.41, 5.74) is 0.697. The van der Waals surface area contributed by atoms with Gasteiger partial charge in [-0.15, -0.1) is 0 Å². The highest BCUT2D eigenvalue weighted by Crippen LogP contribution is 2.42. The molecule has 2 aromatic carbocycles. The molecule has 3 aliphatic heterocycles. The lowest BCUT2D eigenvalue weighted by Gasteiger charge is -2.52. The van der Waals surface area contributed by atoms with Crippen LogP contribution < -0.4 is 4.74 Å². The number of ether oxygens (including phenoxy) is 2. The maximum atomic E-state index is 13.9. The van der Waals surface area contributed by atoms with E-state index >= 15 is 0 Å². The summed E-state index contributed by atoms with van der Waals surface area (Å²) in [7, 11) is 0. The minimum Gasteiger partial charge on any atom is -0.493 e. The normalized spacial score (nSPS) is 28.1. The average molecular weight is 463 g/mol. The molecule has 0 aromatic heterocycles. The molecule has 0 N–H and O–H groups in total. The maximum absolute atomic E-state index is 13.9. The monoisotopic (exact) mass is 462 g/mol. The Morgan fingerprint density at radius 3 is 2.21 bits per heavy atom. The number of para-hydroxylation sites is 1. The first-order valence-electron chi connectivity index (χ1n) is 13.5. The van der Waals surface area contributed by atoms with E-state index in [-0.39, 0.29) is 12.1 Å². The van der Waals surface area contributed by atoms with E-state index in [1.807, 2.05) is 36.4 Å². The molecule has 4 heteroatoms. The van der Waals surface area contributed by atoms with Crippen molar-refractivity contribution in [3.05, 3.63) is 66.2 Å². The summed E-state index contributed by atoms with van der Waals surface area (Å²) >= 11 is 0. The SMILES string of the molecule is O=C(O[C@@H]1C[N+]2(CCCOc3ccccc3)CCC1CC2)C1(c2ccccc2)CCCCCC1. The average Bonchev–Trinajstić information content (AvgIpc) is 3.16. The van der Waals surface area contributed by atoms with E-state index < -0.39 is 5.41 Å². The van der Waals surface area contributed by atoms with Gasteiger partial charge < -0.3 is 14.0 Å². The van der Waals surface area contributed by atoms with Gasteiger partial charge in [0.25, 0.3) is 0 Å². The van der Waals surface area contributed by atoms with Crippen LogP contribution in [0.2, 0.25) is 0 Å². The Hall–Kier alpha value is -2.33. The van der Waals surface area contributed by atoms with Crippen LogP contribution in [0.4, 0.5) is 0 Å². The molecule has 4 aliphatic rings. The number of quaternary nitrogens is 1. The molecule has 2 bridgehead atoms. The molecule has 34 heavy (non-hydrogen) atoms. The molecule has 1 saturated carbocycles. The Morgan fingerprint density at radius 1 is 0.882 bits per heavy atom. The quantitative estimate of drug-likeness (QED) is 0.212. The van der Waals surface area contributed by atoms with Crippen molar-refractivity contribution in [1.29, 1.82) is 0 Å². The molecule has 2 aromatic rings. The third-order valence-electron chi connectivity index (χ3n) is 8.76. The van der Waals surface area contributed by atoms with Crippen LogP contribution >= 0.6 is 0 Å². The molecule has 6 rings (SSSR count). The molecule has 0 spiro atoms. The third-order valence-corrected chi connectivity index (χ3v) is 8.76. The van der Waals surface area contributed by atoms with Gasteiger partial charge in [0.2, 0.25) is 0 Å². The molecule has 1 aliphatic carbocycles. The second-order valence-electron chi connectivity index (χ2n) is 10.9. The lowest BCUT2D eigenvalue weighted by Crippen LogP contribution is -2.65. The van der Waals surface area contributed by atoms with E-state index in [0.29, 0.717) is 5.92 Å². The van der Waals surface area contributed by atoms with Crippen molar-refractivity contribution in [2.75, 3.05) is 32.8 Å². The van der Waals surface area contributed by atoms with E-state index in [9.17, 15) is 4.79 Å². The van der Waals surface area contributed by atoms with Crippen molar-refractivity contribution < 1.29 is 18.8 Å². The van der Waals surface area contributed by atoms with E-state index in [0.717, 1.165) is 67.6 Å². The van der Waals surface area contributed by atoms with Crippen molar-refractivity contribution in [2.45, 2.75) is 69.3 Å². The molecule has 1 atom stereocenters. The van der Waals surface area contributed by atoms with Gasteiger partial charge in [-0.25, -0.2) is 0 Å². The number of nitrogens with zero attached hydrogens (tertiary/aromatic N) is 1. The highest BCUT2D eigenvalue weighted by molar-refractivity contribution is 5.83. The predicted octanol–water partition coefficient (Wildman–Crippen LogP) is 5.90. The molecule has 4 fully saturated rings. The first-order chi connectivity index (χ1) is 16.7. The standard InChI is InChI=1S/C30H40NO3/c32-29(30(18-9-1-2-10-19-30)26-12-5-3-6-13-26)34-28-24-31(21-16-25(28)17-22-31)20-11-23-33-27-14-7-4-8-15-27/h3-8,12-15,25,28H,1-2,9-11,16-24H2/q+1/t25?,28-,31?/m1/s1. The van der Waals surface area contributed by atoms with Gasteiger partial charge >= 0.3 is 5.97 Å². The molecule has 182 valence electrons. The van der Waals surface area contributed by atoms with E-state index in [1.54, 1.807) is 0 Å². The Kier molecular flexibility index (Phi) is 7.24. The van der Waals surface area contributed by atoms with Gasteiger partial charge in [0.15, 0.2) is 6.10 Å². The molecular formula is C30H40NO3+. The summed E-state index contributed by atoms with van der Waals surface area (Å²) in [4.78, 5) is 13.9. The molecule has 4 nitrogen and oxygen atoms in total. The Morgan fingerprint density at radius 2 is 1.53 bits per heavy atom. The highest BCUT2D eigenvalue weighted by atomic mass is 16.5. The fourth-order valence-electron chi connectivity index (χ4n) is 6.73. The molecule has 0 radical (unpaired) electrons. The second kappa shape index (κ2) is 10.5. The first kappa shape index (κ1) is 23.4. The van der Waals surface area contributed by atoms with Crippen LogP contribution in [0, 0.1) is 5.92 Å². The maximum Gasteiger partial charge on any atom is 0.317 e. The van der Waals surface area contributed by atoms with Gasteiger partial charge in [0, 0.05) is 25.2 Å². The summed E-state index contributed by atoms with van der Waals surface area (Å²) in [5, 5.41) is 0. The van der Waals surface area contributed by atoms with Gasteiger partial charge in [-0.05, 0) is 30.5 Å². The number of fused-ring (bicyclic) bond motifs is 3.